The first kappa shape index (κ1) is 7.81. The number of rotatable bonds is 1. The van der Waals surface area contributed by atoms with Gasteiger partial charge in [0.1, 0.15) is 0 Å². The van der Waals surface area contributed by atoms with Gasteiger partial charge in [0, 0.05) is 0 Å². The molecule has 0 radical (unpaired) electrons. The van der Waals surface area contributed by atoms with Crippen molar-refractivity contribution in [3.8, 4) is 0 Å². The average Bonchev–Trinajstić information content (AvgIpc) is 2.68. The van der Waals surface area contributed by atoms with E-state index in [1.807, 2.05) is 6.07 Å². The van der Waals surface area contributed by atoms with E-state index in [2.05, 4.69) is 26.0 Å². The van der Waals surface area contributed by atoms with E-state index >= 15 is 0 Å². The van der Waals surface area contributed by atoms with Crippen molar-refractivity contribution in [1.29, 1.82) is 0 Å². The van der Waals surface area contributed by atoms with Gasteiger partial charge in [-0.2, -0.15) is 0 Å². The van der Waals surface area contributed by atoms with Crippen molar-refractivity contribution in [3.05, 3.63) is 34.9 Å². The fourth-order valence-corrected chi connectivity index (χ4v) is 1.92. The third-order valence-corrected chi connectivity index (χ3v) is 2.67. The highest BCUT2D eigenvalue weighted by molar-refractivity contribution is 5.40. The van der Waals surface area contributed by atoms with Crippen LogP contribution in [0, 0.1) is 13.8 Å². The maximum absolute atomic E-state index is 9.96. The molecule has 0 aliphatic heterocycles. The number of aliphatic hydroxyl groups is 1. The molecular weight excluding hydrogens is 148 g/mol. The van der Waals surface area contributed by atoms with Gasteiger partial charge in [0.15, 0.2) is 0 Å². The molecule has 64 valence electrons. The molecule has 1 nitrogen and oxygen atoms in total. The van der Waals surface area contributed by atoms with Crippen LogP contribution in [0.4, 0.5) is 0 Å². The summed E-state index contributed by atoms with van der Waals surface area (Å²) < 4.78 is 0. The molecule has 1 N–H and O–H groups in total. The monoisotopic (exact) mass is 162 g/mol. The molecule has 0 aromatic heterocycles. The Labute approximate surface area is 73.0 Å². The Morgan fingerprint density at radius 3 is 2.08 bits per heavy atom. The first-order valence-corrected chi connectivity index (χ1v) is 4.42. The fraction of sp³-hybridized carbons (Fsp3) is 0.455. The van der Waals surface area contributed by atoms with Gasteiger partial charge in [0.25, 0.3) is 0 Å². The van der Waals surface area contributed by atoms with Gasteiger partial charge in [0.2, 0.25) is 0 Å². The molecule has 1 heteroatoms. The van der Waals surface area contributed by atoms with Gasteiger partial charge in [-0.25, -0.2) is 0 Å². The van der Waals surface area contributed by atoms with Crippen molar-refractivity contribution >= 4 is 0 Å². The Kier molecular flexibility index (Phi) is 1.52. The third kappa shape index (κ3) is 1.05. The molecule has 0 atom stereocenters. The zero-order valence-electron chi connectivity index (χ0n) is 7.59. The van der Waals surface area contributed by atoms with Crippen molar-refractivity contribution < 1.29 is 5.11 Å². The Balaban J connectivity index is 2.55. The summed E-state index contributed by atoms with van der Waals surface area (Å²) >= 11 is 0. The summed E-state index contributed by atoms with van der Waals surface area (Å²) in [6.45, 7) is 4.14. The van der Waals surface area contributed by atoms with E-state index in [0.29, 0.717) is 0 Å². The summed E-state index contributed by atoms with van der Waals surface area (Å²) in [5.41, 5.74) is 3.12. The highest BCUT2D eigenvalue weighted by atomic mass is 16.3. The van der Waals surface area contributed by atoms with E-state index in [4.69, 9.17) is 0 Å². The van der Waals surface area contributed by atoms with E-state index in [1.54, 1.807) is 0 Å². The molecule has 0 bridgehead atoms. The van der Waals surface area contributed by atoms with Gasteiger partial charge < -0.3 is 5.11 Å². The number of hydrogen-bond donors (Lipinski definition) is 1. The van der Waals surface area contributed by atoms with Crippen molar-refractivity contribution in [2.24, 2.45) is 0 Å². The molecule has 1 aromatic carbocycles. The summed E-state index contributed by atoms with van der Waals surface area (Å²) in [6, 6.07) is 6.18. The van der Waals surface area contributed by atoms with Crippen molar-refractivity contribution in [3.63, 3.8) is 0 Å². The predicted octanol–water partition coefficient (Wildman–Crippen LogP) is 2.28. The predicted molar refractivity (Wildman–Crippen MR) is 49.0 cm³/mol. The highest BCUT2D eigenvalue weighted by Crippen LogP contribution is 2.47. The van der Waals surface area contributed by atoms with Crippen molar-refractivity contribution in [2.75, 3.05) is 0 Å². The van der Waals surface area contributed by atoms with Crippen LogP contribution in [0.25, 0.3) is 0 Å². The van der Waals surface area contributed by atoms with Crippen LogP contribution >= 0.6 is 0 Å². The first-order valence-electron chi connectivity index (χ1n) is 4.42. The molecule has 1 fully saturated rings. The molecule has 0 heterocycles. The lowest BCUT2D eigenvalue weighted by atomic mass is 9.96. The minimum absolute atomic E-state index is 0.477. The lowest BCUT2D eigenvalue weighted by Gasteiger charge is -2.14. The minimum Gasteiger partial charge on any atom is -0.385 e. The summed E-state index contributed by atoms with van der Waals surface area (Å²) in [5, 5.41) is 9.96. The molecule has 1 saturated carbocycles. The SMILES string of the molecule is Cc1cccc(C)c1C1(O)CC1. The second-order valence-corrected chi connectivity index (χ2v) is 3.80. The minimum atomic E-state index is -0.477. The van der Waals surface area contributed by atoms with E-state index in [9.17, 15) is 5.11 Å². The van der Waals surface area contributed by atoms with Gasteiger partial charge in [0.05, 0.1) is 5.60 Å². The second-order valence-electron chi connectivity index (χ2n) is 3.80. The van der Waals surface area contributed by atoms with E-state index in [0.717, 1.165) is 18.4 Å². The fourth-order valence-electron chi connectivity index (χ4n) is 1.92. The average molecular weight is 162 g/mol. The summed E-state index contributed by atoms with van der Waals surface area (Å²) in [4.78, 5) is 0. The lowest BCUT2D eigenvalue weighted by Crippen LogP contribution is -2.08. The standard InChI is InChI=1S/C11H14O/c1-8-4-3-5-9(2)10(8)11(12)6-7-11/h3-5,12H,6-7H2,1-2H3. The smallest absolute Gasteiger partial charge is 0.0904 e. The molecule has 0 amide bonds. The molecule has 1 aliphatic carbocycles. The largest absolute Gasteiger partial charge is 0.385 e. The van der Waals surface area contributed by atoms with Crippen LogP contribution in [0.1, 0.15) is 29.5 Å². The second kappa shape index (κ2) is 2.33. The Morgan fingerprint density at radius 1 is 1.17 bits per heavy atom. The van der Waals surface area contributed by atoms with Crippen molar-refractivity contribution in [2.45, 2.75) is 32.3 Å². The lowest BCUT2D eigenvalue weighted by molar-refractivity contribution is 0.150. The quantitative estimate of drug-likeness (QED) is 0.671. The van der Waals surface area contributed by atoms with E-state index in [-0.39, 0.29) is 0 Å². The van der Waals surface area contributed by atoms with Gasteiger partial charge in [-0.15, -0.1) is 0 Å². The summed E-state index contributed by atoms with van der Waals surface area (Å²) in [7, 11) is 0. The van der Waals surface area contributed by atoms with Gasteiger partial charge in [-0.05, 0) is 43.4 Å². The van der Waals surface area contributed by atoms with Gasteiger partial charge >= 0.3 is 0 Å². The van der Waals surface area contributed by atoms with Crippen molar-refractivity contribution in [1.82, 2.24) is 0 Å². The van der Waals surface area contributed by atoms with Gasteiger partial charge in [-0.1, -0.05) is 18.2 Å². The molecule has 0 saturated heterocycles. The van der Waals surface area contributed by atoms with Crippen LogP contribution in [-0.2, 0) is 5.60 Å². The normalized spacial score (nSPS) is 19.2. The number of hydrogen-bond acceptors (Lipinski definition) is 1. The summed E-state index contributed by atoms with van der Waals surface area (Å²) in [5.74, 6) is 0. The maximum atomic E-state index is 9.96. The van der Waals surface area contributed by atoms with E-state index in [1.165, 1.54) is 11.1 Å². The van der Waals surface area contributed by atoms with Gasteiger partial charge in [-0.3, -0.25) is 0 Å². The topological polar surface area (TPSA) is 20.2 Å². The van der Waals surface area contributed by atoms with E-state index < -0.39 is 5.60 Å². The Hall–Kier alpha value is -0.820. The molecule has 0 spiro atoms. The maximum Gasteiger partial charge on any atom is 0.0904 e. The summed E-state index contributed by atoms with van der Waals surface area (Å²) in [6.07, 6.45) is 1.86. The first-order chi connectivity index (χ1) is 5.63. The van der Waals surface area contributed by atoms with Crippen LogP contribution in [0.3, 0.4) is 0 Å². The van der Waals surface area contributed by atoms with Crippen LogP contribution in [0.5, 0.6) is 0 Å². The molecule has 0 unspecified atom stereocenters. The zero-order chi connectivity index (χ0) is 8.77. The van der Waals surface area contributed by atoms with Crippen LogP contribution in [0.2, 0.25) is 0 Å². The molecule has 2 rings (SSSR count). The molecule has 1 aliphatic rings. The Morgan fingerprint density at radius 2 is 1.67 bits per heavy atom. The molecular formula is C11H14O. The molecule has 1 aromatic rings. The number of aryl methyl sites for hydroxylation is 2. The van der Waals surface area contributed by atoms with Crippen LogP contribution in [0.15, 0.2) is 18.2 Å². The highest BCUT2D eigenvalue weighted by Gasteiger charge is 2.43. The number of benzene rings is 1. The Bertz CT molecular complexity index is 291. The van der Waals surface area contributed by atoms with Crippen LogP contribution in [-0.4, -0.2) is 5.11 Å². The molecule has 12 heavy (non-hydrogen) atoms. The zero-order valence-corrected chi connectivity index (χ0v) is 7.59. The third-order valence-electron chi connectivity index (χ3n) is 2.67. The van der Waals surface area contributed by atoms with Crippen LogP contribution < -0.4 is 0 Å².